The fourth-order valence-electron chi connectivity index (χ4n) is 4.06. The molecule has 2 aliphatic heterocycles. The Morgan fingerprint density at radius 1 is 1.21 bits per heavy atom. The number of benzene rings is 1. The SMILES string of the molecule is CC(C)(C)C(=O)OCO[PH]1(O)OCC(C)(C)[C@H](C(=O)NCCC(=O)OC2CCN(Cc3ccccc3)C2)O1. The molecule has 2 saturated heterocycles. The van der Waals surface area contributed by atoms with Gasteiger partial charge >= 0.3 is 189 Å². The number of hydrogen-bond donors (Lipinski definition) is 2. The molecule has 0 bridgehead atoms. The molecule has 1 aromatic rings. The number of ether oxygens (including phenoxy) is 2. The molecule has 2 atom stereocenters. The van der Waals surface area contributed by atoms with E-state index >= 15 is 0 Å². The van der Waals surface area contributed by atoms with E-state index in [1.165, 1.54) is 5.56 Å². The standard InChI is InChI=1S/C26H41N2O9P/c1-25(2,3)24(31)33-18-35-38(32)34-17-26(4,5)22(37-38)23(30)27-13-11-21(29)36-20-12-14-28(16-20)15-19-9-7-6-8-10-19/h6-10,20,22,32,38H,11-18H2,1-5H3,(H,27,30)/t20?,22-/m0/s1. The summed E-state index contributed by atoms with van der Waals surface area (Å²) in [6, 6.07) is 10.1. The quantitative estimate of drug-likeness (QED) is 0.252. The maximum atomic E-state index is 12.9. The summed E-state index contributed by atoms with van der Waals surface area (Å²) in [6.45, 7) is 10.4. The molecule has 38 heavy (non-hydrogen) atoms. The van der Waals surface area contributed by atoms with Crippen molar-refractivity contribution in [3.63, 3.8) is 0 Å². The van der Waals surface area contributed by atoms with Crippen LogP contribution in [0.2, 0.25) is 0 Å². The van der Waals surface area contributed by atoms with Crippen LogP contribution >= 0.6 is 8.17 Å². The van der Waals surface area contributed by atoms with Crippen molar-refractivity contribution in [3.05, 3.63) is 35.9 Å². The molecule has 2 fully saturated rings. The summed E-state index contributed by atoms with van der Waals surface area (Å²) in [5.74, 6) is -1.42. The van der Waals surface area contributed by atoms with E-state index in [0.29, 0.717) is 6.54 Å². The molecular weight excluding hydrogens is 515 g/mol. The van der Waals surface area contributed by atoms with Crippen LogP contribution in [0.5, 0.6) is 0 Å². The van der Waals surface area contributed by atoms with Crippen molar-refractivity contribution in [1.29, 1.82) is 0 Å². The third-order valence-corrected chi connectivity index (χ3v) is 7.81. The first-order valence-electron chi connectivity index (χ1n) is 12.9. The Balaban J connectivity index is 1.40. The van der Waals surface area contributed by atoms with Crippen LogP contribution in [0.25, 0.3) is 0 Å². The van der Waals surface area contributed by atoms with E-state index in [4.69, 9.17) is 23.0 Å². The third kappa shape index (κ3) is 8.97. The van der Waals surface area contributed by atoms with Gasteiger partial charge in [0.25, 0.3) is 0 Å². The Bertz CT molecular complexity index is 969. The Kier molecular flexibility index (Phi) is 10.2. The van der Waals surface area contributed by atoms with Crippen LogP contribution in [0.15, 0.2) is 30.3 Å². The van der Waals surface area contributed by atoms with Crippen molar-refractivity contribution in [2.24, 2.45) is 10.8 Å². The van der Waals surface area contributed by atoms with Crippen LogP contribution in [-0.2, 0) is 44.0 Å². The van der Waals surface area contributed by atoms with Gasteiger partial charge in [-0.3, -0.25) is 0 Å². The van der Waals surface area contributed by atoms with Crippen molar-refractivity contribution in [3.8, 4) is 0 Å². The fourth-order valence-corrected chi connectivity index (χ4v) is 5.76. The van der Waals surface area contributed by atoms with E-state index in [1.807, 2.05) is 18.2 Å². The molecule has 1 amide bonds. The fraction of sp³-hybridized carbons (Fsp3) is 0.654. The van der Waals surface area contributed by atoms with E-state index in [2.05, 4.69) is 22.3 Å². The van der Waals surface area contributed by atoms with E-state index in [1.54, 1.807) is 34.6 Å². The number of nitrogens with one attached hydrogen (secondary N) is 1. The minimum absolute atomic E-state index is 0.00548. The molecule has 0 radical (unpaired) electrons. The predicted octanol–water partition coefficient (Wildman–Crippen LogP) is 2.72. The Hall–Kier alpha value is -2.14. The average Bonchev–Trinajstić information content (AvgIpc) is 3.27. The van der Waals surface area contributed by atoms with Gasteiger partial charge in [-0.1, -0.05) is 30.3 Å². The zero-order valence-corrected chi connectivity index (χ0v) is 23.9. The van der Waals surface area contributed by atoms with E-state index in [9.17, 15) is 19.3 Å². The third-order valence-electron chi connectivity index (χ3n) is 6.29. The Labute approximate surface area is 224 Å². The molecule has 11 nitrogen and oxygen atoms in total. The number of esters is 2. The Morgan fingerprint density at radius 3 is 2.61 bits per heavy atom. The number of nitrogens with zero attached hydrogens (tertiary/aromatic N) is 1. The molecule has 0 spiro atoms. The van der Waals surface area contributed by atoms with Crippen LogP contribution in [-0.4, -0.2) is 72.9 Å². The number of carbonyl (C=O) groups is 3. The molecule has 214 valence electrons. The number of amides is 1. The number of likely N-dealkylation sites (tertiary alicyclic amines) is 1. The molecule has 3 rings (SSSR count). The van der Waals surface area contributed by atoms with Crippen LogP contribution in [0.3, 0.4) is 0 Å². The Morgan fingerprint density at radius 2 is 1.92 bits per heavy atom. The molecule has 1 unspecified atom stereocenters. The van der Waals surface area contributed by atoms with Gasteiger partial charge in [-0.2, -0.15) is 0 Å². The van der Waals surface area contributed by atoms with Crippen LogP contribution in [0.1, 0.15) is 53.0 Å². The number of carbonyl (C=O) groups excluding carboxylic acids is 3. The van der Waals surface area contributed by atoms with Crippen LogP contribution in [0, 0.1) is 10.8 Å². The molecule has 0 aromatic heterocycles. The second-order valence-electron chi connectivity index (χ2n) is 11.4. The first-order valence-corrected chi connectivity index (χ1v) is 14.5. The van der Waals surface area contributed by atoms with Gasteiger partial charge in [-0.15, -0.1) is 0 Å². The van der Waals surface area contributed by atoms with Gasteiger partial charge in [-0.05, 0) is 5.56 Å². The maximum absolute atomic E-state index is 12.9. The van der Waals surface area contributed by atoms with Crippen molar-refractivity contribution in [1.82, 2.24) is 10.2 Å². The molecule has 2 N–H and O–H groups in total. The first kappa shape index (κ1) is 30.4. The van der Waals surface area contributed by atoms with Crippen molar-refractivity contribution in [2.45, 2.75) is 66.2 Å². The molecule has 12 heteroatoms. The summed E-state index contributed by atoms with van der Waals surface area (Å²) < 4.78 is 26.8. The summed E-state index contributed by atoms with van der Waals surface area (Å²) >= 11 is 0. The van der Waals surface area contributed by atoms with Crippen LogP contribution in [0.4, 0.5) is 0 Å². The van der Waals surface area contributed by atoms with Gasteiger partial charge in [0.1, 0.15) is 0 Å². The molecule has 2 aliphatic rings. The summed E-state index contributed by atoms with van der Waals surface area (Å²) in [5.41, 5.74) is -0.305. The van der Waals surface area contributed by atoms with Crippen molar-refractivity contribution < 1.29 is 42.3 Å². The molecule has 0 saturated carbocycles. The van der Waals surface area contributed by atoms with Gasteiger partial charge in [0.2, 0.25) is 0 Å². The minimum atomic E-state index is -4.23. The summed E-state index contributed by atoms with van der Waals surface area (Å²) in [6.07, 6.45) is -0.497. The van der Waals surface area contributed by atoms with E-state index in [-0.39, 0.29) is 31.6 Å². The summed E-state index contributed by atoms with van der Waals surface area (Å²) in [5, 5.41) is 2.68. The number of hydrogen-bond acceptors (Lipinski definition) is 10. The normalized spacial score (nSPS) is 23.8. The summed E-state index contributed by atoms with van der Waals surface area (Å²) in [4.78, 5) is 50.0. The average molecular weight is 557 g/mol. The van der Waals surface area contributed by atoms with E-state index in [0.717, 1.165) is 19.5 Å². The zero-order valence-electron chi connectivity index (χ0n) is 22.9. The van der Waals surface area contributed by atoms with Gasteiger partial charge in [0.15, 0.2) is 0 Å². The van der Waals surface area contributed by atoms with Gasteiger partial charge in [0.05, 0.1) is 0 Å². The van der Waals surface area contributed by atoms with Crippen molar-refractivity contribution >= 4 is 26.0 Å². The van der Waals surface area contributed by atoms with Gasteiger partial charge in [0, 0.05) is 0 Å². The molecule has 2 heterocycles. The predicted molar refractivity (Wildman–Crippen MR) is 140 cm³/mol. The molecule has 1 aromatic carbocycles. The molecule has 0 aliphatic carbocycles. The summed E-state index contributed by atoms with van der Waals surface area (Å²) in [7, 11) is -4.23. The second kappa shape index (κ2) is 12.8. The van der Waals surface area contributed by atoms with Crippen LogP contribution < -0.4 is 5.32 Å². The van der Waals surface area contributed by atoms with Crippen molar-refractivity contribution in [2.75, 3.05) is 33.0 Å². The van der Waals surface area contributed by atoms with E-state index < -0.39 is 43.8 Å². The van der Waals surface area contributed by atoms with Gasteiger partial charge in [-0.25, -0.2) is 0 Å². The number of rotatable bonds is 10. The first-order chi connectivity index (χ1) is 17.8. The monoisotopic (exact) mass is 556 g/mol. The van der Waals surface area contributed by atoms with Gasteiger partial charge < -0.3 is 0 Å². The zero-order chi connectivity index (χ0) is 28.0. The second-order valence-corrected chi connectivity index (χ2v) is 13.3. The topological polar surface area (TPSA) is 133 Å². The molecular formula is C26H41N2O9P.